The predicted molar refractivity (Wildman–Crippen MR) is 85.7 cm³/mol. The minimum Gasteiger partial charge on any atom is -0.351 e. The standard InChI is InChI=1S/C14H19ClN4OS/c1-5-6-7-16-13(20)12-9(3)17-14(21-12)19-10(4)11(15)8(2)18-19/h5-7H2,1-4H3,(H,16,20). The van der Waals surface area contributed by atoms with Crippen LogP contribution in [0.5, 0.6) is 0 Å². The van der Waals surface area contributed by atoms with Crippen LogP contribution in [0.2, 0.25) is 5.02 Å². The lowest BCUT2D eigenvalue weighted by atomic mass is 10.3. The van der Waals surface area contributed by atoms with Gasteiger partial charge in [-0.05, 0) is 27.2 Å². The van der Waals surface area contributed by atoms with Crippen molar-refractivity contribution in [2.24, 2.45) is 0 Å². The van der Waals surface area contributed by atoms with Crippen LogP contribution in [-0.2, 0) is 0 Å². The van der Waals surface area contributed by atoms with Crippen LogP contribution in [0.25, 0.3) is 5.13 Å². The summed E-state index contributed by atoms with van der Waals surface area (Å²) >= 11 is 7.49. The molecule has 0 aliphatic carbocycles. The highest BCUT2D eigenvalue weighted by atomic mass is 35.5. The van der Waals surface area contributed by atoms with Crippen LogP contribution in [0.4, 0.5) is 0 Å². The molecule has 0 fully saturated rings. The van der Waals surface area contributed by atoms with Gasteiger partial charge < -0.3 is 5.32 Å². The third-order valence-corrected chi connectivity index (χ3v) is 4.87. The van der Waals surface area contributed by atoms with Gasteiger partial charge in [-0.1, -0.05) is 36.3 Å². The van der Waals surface area contributed by atoms with Gasteiger partial charge in [0.05, 0.1) is 22.1 Å². The predicted octanol–water partition coefficient (Wildman–Crippen LogP) is 3.44. The van der Waals surface area contributed by atoms with Crippen LogP contribution >= 0.6 is 22.9 Å². The van der Waals surface area contributed by atoms with Crippen LogP contribution in [0.1, 0.15) is 46.5 Å². The van der Waals surface area contributed by atoms with Gasteiger partial charge in [-0.3, -0.25) is 4.79 Å². The van der Waals surface area contributed by atoms with Crippen LogP contribution < -0.4 is 5.32 Å². The molecule has 0 aromatic carbocycles. The fourth-order valence-corrected chi connectivity index (χ4v) is 3.06. The summed E-state index contributed by atoms with van der Waals surface area (Å²) in [7, 11) is 0. The molecule has 21 heavy (non-hydrogen) atoms. The average molecular weight is 327 g/mol. The minimum atomic E-state index is -0.0719. The van der Waals surface area contributed by atoms with Gasteiger partial charge in [-0.15, -0.1) is 0 Å². The third-order valence-electron chi connectivity index (χ3n) is 3.19. The van der Waals surface area contributed by atoms with Crippen molar-refractivity contribution in [1.29, 1.82) is 0 Å². The first kappa shape index (κ1) is 16.0. The van der Waals surface area contributed by atoms with Crippen LogP contribution in [0.15, 0.2) is 0 Å². The Kier molecular flexibility index (Phi) is 5.00. The normalized spacial score (nSPS) is 10.9. The SMILES string of the molecule is CCCCNC(=O)c1sc(-n2nc(C)c(Cl)c2C)nc1C. The van der Waals surface area contributed by atoms with Crippen molar-refractivity contribution in [2.45, 2.75) is 40.5 Å². The number of halogens is 1. The Bertz CT molecular complexity index is 662. The van der Waals surface area contributed by atoms with E-state index in [2.05, 4.69) is 22.3 Å². The maximum Gasteiger partial charge on any atom is 0.263 e. The maximum atomic E-state index is 12.1. The second-order valence-electron chi connectivity index (χ2n) is 4.92. The molecule has 0 saturated heterocycles. The Balaban J connectivity index is 2.26. The van der Waals surface area contributed by atoms with Gasteiger partial charge in [0.2, 0.25) is 5.13 Å². The molecule has 0 saturated carbocycles. The third kappa shape index (κ3) is 3.27. The summed E-state index contributed by atoms with van der Waals surface area (Å²) < 4.78 is 1.69. The number of amides is 1. The summed E-state index contributed by atoms with van der Waals surface area (Å²) in [5.41, 5.74) is 2.31. The summed E-state index contributed by atoms with van der Waals surface area (Å²) in [5, 5.41) is 8.59. The molecule has 2 aromatic heterocycles. The Morgan fingerprint density at radius 3 is 2.62 bits per heavy atom. The lowest BCUT2D eigenvalue weighted by Gasteiger charge is -2.01. The van der Waals surface area contributed by atoms with Crippen molar-refractivity contribution in [1.82, 2.24) is 20.1 Å². The summed E-state index contributed by atoms with van der Waals surface area (Å²) in [4.78, 5) is 17.2. The number of aryl methyl sites for hydroxylation is 2. The Labute approximate surface area is 133 Å². The largest absolute Gasteiger partial charge is 0.351 e. The number of unbranched alkanes of at least 4 members (excludes halogenated alkanes) is 1. The van der Waals surface area contributed by atoms with Gasteiger partial charge in [0.1, 0.15) is 4.88 Å². The Morgan fingerprint density at radius 2 is 2.05 bits per heavy atom. The van der Waals surface area contributed by atoms with Crippen LogP contribution in [0, 0.1) is 20.8 Å². The molecule has 0 radical (unpaired) electrons. The number of carbonyl (C=O) groups is 1. The molecule has 5 nitrogen and oxygen atoms in total. The molecule has 1 amide bonds. The van der Waals surface area contributed by atoms with Crippen molar-refractivity contribution in [3.63, 3.8) is 0 Å². The van der Waals surface area contributed by atoms with E-state index in [1.165, 1.54) is 11.3 Å². The molecule has 0 spiro atoms. The molecular formula is C14H19ClN4OS. The zero-order valence-corrected chi connectivity index (χ0v) is 14.2. The summed E-state index contributed by atoms with van der Waals surface area (Å²) in [5.74, 6) is -0.0719. The van der Waals surface area contributed by atoms with Gasteiger partial charge in [0, 0.05) is 6.54 Å². The Morgan fingerprint density at radius 1 is 1.33 bits per heavy atom. The highest BCUT2D eigenvalue weighted by Gasteiger charge is 2.19. The molecule has 1 N–H and O–H groups in total. The number of nitrogens with one attached hydrogen (secondary N) is 1. The van der Waals surface area contributed by atoms with Crippen LogP contribution in [-0.4, -0.2) is 27.2 Å². The number of hydrogen-bond acceptors (Lipinski definition) is 4. The van der Waals surface area contributed by atoms with E-state index in [0.717, 1.165) is 24.2 Å². The van der Waals surface area contributed by atoms with E-state index in [1.54, 1.807) is 4.68 Å². The second kappa shape index (κ2) is 6.58. The fourth-order valence-electron chi connectivity index (χ4n) is 1.95. The quantitative estimate of drug-likeness (QED) is 0.856. The molecule has 2 aromatic rings. The first-order valence-electron chi connectivity index (χ1n) is 6.93. The highest BCUT2D eigenvalue weighted by molar-refractivity contribution is 7.16. The topological polar surface area (TPSA) is 59.8 Å². The van der Waals surface area contributed by atoms with Gasteiger partial charge in [0.15, 0.2) is 0 Å². The van der Waals surface area contributed by atoms with E-state index in [4.69, 9.17) is 11.6 Å². The zero-order valence-electron chi connectivity index (χ0n) is 12.7. The number of aromatic nitrogens is 3. The van der Waals surface area contributed by atoms with E-state index in [9.17, 15) is 4.79 Å². The Hall–Kier alpha value is -1.40. The van der Waals surface area contributed by atoms with Gasteiger partial charge >= 0.3 is 0 Å². The van der Waals surface area contributed by atoms with Crippen molar-refractivity contribution >= 4 is 28.8 Å². The average Bonchev–Trinajstić information content (AvgIpc) is 2.95. The number of rotatable bonds is 5. The molecule has 2 rings (SSSR count). The van der Waals surface area contributed by atoms with E-state index < -0.39 is 0 Å². The second-order valence-corrected chi connectivity index (χ2v) is 6.27. The van der Waals surface area contributed by atoms with Crippen molar-refractivity contribution in [3.05, 3.63) is 27.0 Å². The number of thiazole rings is 1. The maximum absolute atomic E-state index is 12.1. The highest BCUT2D eigenvalue weighted by Crippen LogP contribution is 2.26. The molecule has 0 atom stereocenters. The van der Waals surface area contributed by atoms with Crippen LogP contribution in [0.3, 0.4) is 0 Å². The number of hydrogen-bond donors (Lipinski definition) is 1. The summed E-state index contributed by atoms with van der Waals surface area (Å²) in [6.07, 6.45) is 2.03. The minimum absolute atomic E-state index is 0.0719. The number of carbonyl (C=O) groups excluding carboxylic acids is 1. The first-order valence-corrected chi connectivity index (χ1v) is 8.12. The molecule has 0 aliphatic rings. The monoisotopic (exact) mass is 326 g/mol. The molecule has 0 aliphatic heterocycles. The van der Waals surface area contributed by atoms with Crippen molar-refractivity contribution in [2.75, 3.05) is 6.54 Å². The van der Waals surface area contributed by atoms with E-state index in [0.29, 0.717) is 27.3 Å². The molecule has 114 valence electrons. The molecule has 0 bridgehead atoms. The van der Waals surface area contributed by atoms with Gasteiger partial charge in [0.25, 0.3) is 5.91 Å². The lowest BCUT2D eigenvalue weighted by molar-refractivity contribution is 0.0956. The summed E-state index contributed by atoms with van der Waals surface area (Å²) in [6, 6.07) is 0. The van der Waals surface area contributed by atoms with E-state index in [1.807, 2.05) is 20.8 Å². The molecular weight excluding hydrogens is 308 g/mol. The summed E-state index contributed by atoms with van der Waals surface area (Å²) in [6.45, 7) is 8.36. The molecule has 2 heterocycles. The zero-order chi connectivity index (χ0) is 15.6. The fraction of sp³-hybridized carbons (Fsp3) is 0.500. The molecule has 0 unspecified atom stereocenters. The van der Waals surface area contributed by atoms with E-state index in [-0.39, 0.29) is 5.91 Å². The van der Waals surface area contributed by atoms with Gasteiger partial charge in [-0.25, -0.2) is 9.67 Å². The first-order chi connectivity index (χ1) is 9.95. The smallest absolute Gasteiger partial charge is 0.263 e. The van der Waals surface area contributed by atoms with Gasteiger partial charge in [-0.2, -0.15) is 5.10 Å². The number of nitrogens with zero attached hydrogens (tertiary/aromatic N) is 3. The van der Waals surface area contributed by atoms with Crippen molar-refractivity contribution < 1.29 is 4.79 Å². The van der Waals surface area contributed by atoms with E-state index >= 15 is 0 Å². The molecule has 7 heteroatoms. The van der Waals surface area contributed by atoms with Crippen molar-refractivity contribution in [3.8, 4) is 5.13 Å². The lowest BCUT2D eigenvalue weighted by Crippen LogP contribution is -2.24.